The summed E-state index contributed by atoms with van der Waals surface area (Å²) in [5, 5.41) is 10.9. The van der Waals surface area contributed by atoms with Crippen LogP contribution < -0.4 is 10.6 Å². The summed E-state index contributed by atoms with van der Waals surface area (Å²) in [6.45, 7) is 4.01. The maximum Gasteiger partial charge on any atom is 0.191 e. The number of hydrogen-bond donors (Lipinski definition) is 2. The molecule has 3 rings (SSSR count). The summed E-state index contributed by atoms with van der Waals surface area (Å²) in [5.41, 5.74) is 1.03. The predicted octanol–water partition coefficient (Wildman–Crippen LogP) is 3.53. The molecule has 0 radical (unpaired) electrons. The van der Waals surface area contributed by atoms with Crippen LogP contribution in [-0.2, 0) is 19.0 Å². The van der Waals surface area contributed by atoms with E-state index >= 15 is 0 Å². The molecule has 1 saturated carbocycles. The van der Waals surface area contributed by atoms with Crippen LogP contribution in [0.2, 0.25) is 0 Å². The molecule has 2 aromatic rings. The fraction of sp³-hybridized carbons (Fsp3) is 0.550. The number of hydrogen-bond acceptors (Lipinski definition) is 3. The summed E-state index contributed by atoms with van der Waals surface area (Å²) in [6.07, 6.45) is 7.25. The molecule has 1 fully saturated rings. The average Bonchev–Trinajstić information content (AvgIpc) is 3.09. The average molecular weight is 500 g/mol. The van der Waals surface area contributed by atoms with Crippen LogP contribution in [0.1, 0.15) is 50.4 Å². The second-order valence-electron chi connectivity index (χ2n) is 7.20. The number of nitrogens with zero attached hydrogens (tertiary/aromatic N) is 4. The lowest BCUT2D eigenvalue weighted by atomic mass is 9.69. The van der Waals surface area contributed by atoms with Gasteiger partial charge in [-0.1, -0.05) is 31.4 Å². The molecular weight excluding hydrogens is 470 g/mol. The zero-order valence-corrected chi connectivity index (χ0v) is 18.9. The molecule has 0 bridgehead atoms. The lowest BCUT2D eigenvalue weighted by Crippen LogP contribution is -2.46. The van der Waals surface area contributed by atoms with Crippen LogP contribution >= 0.6 is 24.0 Å². The number of guanidine groups is 1. The predicted molar refractivity (Wildman–Crippen MR) is 120 cm³/mol. The van der Waals surface area contributed by atoms with Gasteiger partial charge in [0.05, 0.1) is 0 Å². The SMILES string of the molecule is CCNC(=NCc1ncnn1C)NCC1(c2cccc(F)c2)CCCCC1.I. The topological polar surface area (TPSA) is 67.1 Å². The molecule has 0 amide bonds. The highest BCUT2D eigenvalue weighted by atomic mass is 127. The van der Waals surface area contributed by atoms with Crippen molar-refractivity contribution in [2.45, 2.75) is 51.0 Å². The van der Waals surface area contributed by atoms with Gasteiger partial charge in [0.25, 0.3) is 0 Å². The number of halogens is 2. The van der Waals surface area contributed by atoms with Gasteiger partial charge in [0.2, 0.25) is 0 Å². The van der Waals surface area contributed by atoms with Gasteiger partial charge in [-0.25, -0.2) is 14.4 Å². The van der Waals surface area contributed by atoms with E-state index in [1.165, 1.54) is 31.7 Å². The van der Waals surface area contributed by atoms with Gasteiger partial charge in [-0.15, -0.1) is 24.0 Å². The largest absolute Gasteiger partial charge is 0.357 e. The van der Waals surface area contributed by atoms with Crippen molar-refractivity contribution in [3.8, 4) is 0 Å². The monoisotopic (exact) mass is 500 g/mol. The molecule has 1 aliphatic carbocycles. The summed E-state index contributed by atoms with van der Waals surface area (Å²) < 4.78 is 15.6. The Balaban J connectivity index is 0.00000280. The quantitative estimate of drug-likeness (QED) is 0.362. The Morgan fingerprint density at radius 3 is 2.68 bits per heavy atom. The summed E-state index contributed by atoms with van der Waals surface area (Å²) >= 11 is 0. The van der Waals surface area contributed by atoms with Crippen LogP contribution in [0, 0.1) is 5.82 Å². The van der Waals surface area contributed by atoms with E-state index in [9.17, 15) is 4.39 Å². The molecule has 28 heavy (non-hydrogen) atoms. The Bertz CT molecular complexity index is 770. The van der Waals surface area contributed by atoms with E-state index in [0.717, 1.165) is 43.3 Å². The standard InChI is InChI=1S/C20H29FN6.HI/c1-3-22-19(23-13-18-25-15-26-27(18)2)24-14-20(10-5-4-6-11-20)16-8-7-9-17(21)12-16;/h7-9,12,15H,3-6,10-11,13-14H2,1-2H3,(H2,22,23,24);1H. The molecule has 8 heteroatoms. The minimum absolute atomic E-state index is 0. The fourth-order valence-corrected chi connectivity index (χ4v) is 3.82. The third-order valence-corrected chi connectivity index (χ3v) is 5.37. The number of aryl methyl sites for hydroxylation is 1. The smallest absolute Gasteiger partial charge is 0.191 e. The van der Waals surface area contributed by atoms with E-state index in [1.54, 1.807) is 10.7 Å². The lowest BCUT2D eigenvalue weighted by molar-refractivity contribution is 0.290. The molecule has 6 nitrogen and oxygen atoms in total. The zero-order valence-electron chi connectivity index (χ0n) is 16.6. The van der Waals surface area contributed by atoms with Gasteiger partial charge in [0.15, 0.2) is 5.96 Å². The molecule has 0 aliphatic heterocycles. The molecular formula is C20H30FIN6. The minimum atomic E-state index is -0.166. The number of aromatic nitrogens is 3. The molecule has 154 valence electrons. The molecule has 0 atom stereocenters. The molecule has 1 heterocycles. The molecule has 0 spiro atoms. The van der Waals surface area contributed by atoms with Crippen molar-refractivity contribution >= 4 is 29.9 Å². The highest BCUT2D eigenvalue weighted by Gasteiger charge is 2.34. The van der Waals surface area contributed by atoms with E-state index in [2.05, 4.69) is 31.8 Å². The summed E-state index contributed by atoms with van der Waals surface area (Å²) in [5.74, 6) is 1.40. The fourth-order valence-electron chi connectivity index (χ4n) is 3.82. The third kappa shape index (κ3) is 5.65. The van der Waals surface area contributed by atoms with Crippen molar-refractivity contribution < 1.29 is 4.39 Å². The minimum Gasteiger partial charge on any atom is -0.357 e. The summed E-state index contributed by atoms with van der Waals surface area (Å²) in [7, 11) is 1.86. The third-order valence-electron chi connectivity index (χ3n) is 5.37. The van der Waals surface area contributed by atoms with Crippen LogP contribution in [0.25, 0.3) is 0 Å². The van der Waals surface area contributed by atoms with Gasteiger partial charge in [-0.3, -0.25) is 4.68 Å². The highest BCUT2D eigenvalue weighted by Crippen LogP contribution is 2.39. The first-order valence-corrected chi connectivity index (χ1v) is 9.74. The van der Waals surface area contributed by atoms with E-state index < -0.39 is 0 Å². The van der Waals surface area contributed by atoms with E-state index in [4.69, 9.17) is 0 Å². The number of benzene rings is 1. The summed E-state index contributed by atoms with van der Waals surface area (Å²) in [6, 6.07) is 7.07. The highest BCUT2D eigenvalue weighted by molar-refractivity contribution is 14.0. The van der Waals surface area contributed by atoms with E-state index in [-0.39, 0.29) is 35.2 Å². The zero-order chi connectivity index (χ0) is 19.1. The molecule has 0 unspecified atom stereocenters. The van der Waals surface area contributed by atoms with Crippen LogP contribution in [-0.4, -0.2) is 33.8 Å². The normalized spacial score (nSPS) is 16.3. The van der Waals surface area contributed by atoms with Gasteiger partial charge >= 0.3 is 0 Å². The Kier molecular flexibility index (Phi) is 8.65. The van der Waals surface area contributed by atoms with Crippen molar-refractivity contribution in [2.75, 3.05) is 13.1 Å². The maximum absolute atomic E-state index is 13.9. The van der Waals surface area contributed by atoms with Crippen molar-refractivity contribution in [2.24, 2.45) is 12.0 Å². The van der Waals surface area contributed by atoms with Crippen molar-refractivity contribution in [1.82, 2.24) is 25.4 Å². The number of nitrogens with one attached hydrogen (secondary N) is 2. The Morgan fingerprint density at radius 2 is 2.04 bits per heavy atom. The Hall–Kier alpha value is -1.71. The van der Waals surface area contributed by atoms with Crippen LogP contribution in [0.4, 0.5) is 4.39 Å². The second-order valence-corrected chi connectivity index (χ2v) is 7.20. The molecule has 0 saturated heterocycles. The van der Waals surface area contributed by atoms with E-state index in [0.29, 0.717) is 6.54 Å². The second kappa shape index (κ2) is 10.7. The van der Waals surface area contributed by atoms with Gasteiger partial charge in [0, 0.05) is 25.6 Å². The van der Waals surface area contributed by atoms with Gasteiger partial charge in [-0.2, -0.15) is 5.10 Å². The lowest BCUT2D eigenvalue weighted by Gasteiger charge is -2.38. The maximum atomic E-state index is 13.9. The van der Waals surface area contributed by atoms with Crippen LogP contribution in [0.5, 0.6) is 0 Å². The van der Waals surface area contributed by atoms with Crippen molar-refractivity contribution in [1.29, 1.82) is 0 Å². The Labute approximate surface area is 183 Å². The van der Waals surface area contributed by atoms with Gasteiger partial charge < -0.3 is 10.6 Å². The number of aliphatic imine (C=N–C) groups is 1. The first-order chi connectivity index (χ1) is 13.1. The van der Waals surface area contributed by atoms with Gasteiger partial charge in [-0.05, 0) is 37.5 Å². The van der Waals surface area contributed by atoms with Crippen LogP contribution in [0.3, 0.4) is 0 Å². The molecule has 1 aromatic carbocycles. The van der Waals surface area contributed by atoms with Crippen molar-refractivity contribution in [3.05, 3.63) is 47.8 Å². The van der Waals surface area contributed by atoms with Gasteiger partial charge in [0.1, 0.15) is 24.5 Å². The van der Waals surface area contributed by atoms with Crippen molar-refractivity contribution in [3.63, 3.8) is 0 Å². The number of rotatable bonds is 6. The Morgan fingerprint density at radius 1 is 1.25 bits per heavy atom. The van der Waals surface area contributed by atoms with Crippen LogP contribution in [0.15, 0.2) is 35.6 Å². The van der Waals surface area contributed by atoms with E-state index in [1.807, 2.05) is 20.0 Å². The molecule has 1 aromatic heterocycles. The first-order valence-electron chi connectivity index (χ1n) is 9.74. The summed E-state index contributed by atoms with van der Waals surface area (Å²) in [4.78, 5) is 8.86. The molecule has 2 N–H and O–H groups in total. The first kappa shape index (κ1) is 22.6. The molecule has 1 aliphatic rings.